The molecule has 2 aromatic heterocycles. The van der Waals surface area contributed by atoms with Crippen molar-refractivity contribution in [2.45, 2.75) is 39.8 Å². The molecular formula is C13H22N4S. The number of nitrogens with zero attached hydrogens (tertiary/aromatic N) is 3. The Morgan fingerprint density at radius 1 is 1.50 bits per heavy atom. The molecule has 18 heavy (non-hydrogen) atoms. The lowest BCUT2D eigenvalue weighted by Gasteiger charge is -2.27. The molecule has 0 aliphatic heterocycles. The van der Waals surface area contributed by atoms with Gasteiger partial charge in [0.2, 0.25) is 0 Å². The number of nitrogens with one attached hydrogen (secondary N) is 1. The lowest BCUT2D eigenvalue weighted by molar-refractivity contribution is 0.655. The van der Waals surface area contributed by atoms with Crippen molar-refractivity contribution in [2.75, 3.05) is 18.5 Å². The van der Waals surface area contributed by atoms with Crippen molar-refractivity contribution in [2.24, 2.45) is 0 Å². The van der Waals surface area contributed by atoms with Crippen LogP contribution in [-0.4, -0.2) is 29.0 Å². The summed E-state index contributed by atoms with van der Waals surface area (Å²) in [6.45, 7) is 8.57. The first-order chi connectivity index (χ1) is 8.69. The minimum Gasteiger partial charge on any atom is -0.353 e. The zero-order valence-corrected chi connectivity index (χ0v) is 12.4. The summed E-state index contributed by atoms with van der Waals surface area (Å²) in [5.74, 6) is 1.13. The van der Waals surface area contributed by atoms with E-state index in [0.29, 0.717) is 6.04 Å². The monoisotopic (exact) mass is 266 g/mol. The molecular weight excluding hydrogens is 244 g/mol. The van der Waals surface area contributed by atoms with Crippen LogP contribution in [0.15, 0.2) is 11.6 Å². The smallest absolute Gasteiger partial charge is 0.195 e. The Balaban J connectivity index is 2.46. The summed E-state index contributed by atoms with van der Waals surface area (Å²) in [5.41, 5.74) is 1.26. The molecule has 1 N–H and O–H groups in total. The number of hydrogen-bond acceptors (Lipinski definition) is 4. The number of fused-ring (bicyclic) bond motifs is 1. The Morgan fingerprint density at radius 2 is 2.28 bits per heavy atom. The molecule has 4 nitrogen and oxygen atoms in total. The van der Waals surface area contributed by atoms with Gasteiger partial charge >= 0.3 is 0 Å². The third kappa shape index (κ3) is 2.37. The maximum Gasteiger partial charge on any atom is 0.195 e. The van der Waals surface area contributed by atoms with E-state index in [9.17, 15) is 0 Å². The van der Waals surface area contributed by atoms with Crippen molar-refractivity contribution in [3.63, 3.8) is 0 Å². The largest absolute Gasteiger partial charge is 0.353 e. The normalized spacial score (nSPS) is 11.6. The topological polar surface area (TPSA) is 32.6 Å². The van der Waals surface area contributed by atoms with Gasteiger partial charge in [-0.1, -0.05) is 6.92 Å². The van der Waals surface area contributed by atoms with Crippen molar-refractivity contribution >= 4 is 22.1 Å². The first kappa shape index (κ1) is 13.4. The van der Waals surface area contributed by atoms with Gasteiger partial charge in [0.1, 0.15) is 0 Å². The van der Waals surface area contributed by atoms with E-state index in [2.05, 4.69) is 47.0 Å². The molecule has 0 radical (unpaired) electrons. The van der Waals surface area contributed by atoms with Gasteiger partial charge in [0.25, 0.3) is 0 Å². The van der Waals surface area contributed by atoms with Crippen LogP contribution in [0.25, 0.3) is 4.96 Å². The van der Waals surface area contributed by atoms with E-state index in [1.165, 1.54) is 5.69 Å². The Labute approximate surface area is 113 Å². The number of aromatic nitrogens is 2. The van der Waals surface area contributed by atoms with E-state index in [1.807, 2.05) is 7.05 Å². The van der Waals surface area contributed by atoms with Crippen molar-refractivity contribution in [1.29, 1.82) is 0 Å². The second kappa shape index (κ2) is 5.71. The Kier molecular flexibility index (Phi) is 4.24. The fourth-order valence-corrected chi connectivity index (χ4v) is 2.96. The summed E-state index contributed by atoms with van der Waals surface area (Å²) >= 11 is 1.69. The van der Waals surface area contributed by atoms with Gasteiger partial charge in [-0.05, 0) is 27.3 Å². The molecule has 0 spiro atoms. The number of hydrogen-bond donors (Lipinski definition) is 1. The van der Waals surface area contributed by atoms with Crippen LogP contribution in [0.4, 0.5) is 5.82 Å². The standard InChI is InChI=1S/C13H22N4S/c1-5-6-16(10(2)3)12-11(9-14-4)17-7-8-18-13(17)15-12/h7-8,10,14H,5-6,9H2,1-4H3. The van der Waals surface area contributed by atoms with E-state index in [1.54, 1.807) is 11.3 Å². The molecule has 2 heterocycles. The Morgan fingerprint density at radius 3 is 2.89 bits per heavy atom. The van der Waals surface area contributed by atoms with Gasteiger partial charge in [0, 0.05) is 30.7 Å². The highest BCUT2D eigenvalue weighted by atomic mass is 32.1. The predicted octanol–water partition coefficient (Wildman–Crippen LogP) is 2.74. The van der Waals surface area contributed by atoms with Crippen molar-refractivity contribution in [3.8, 4) is 0 Å². The average molecular weight is 266 g/mol. The predicted molar refractivity (Wildman–Crippen MR) is 78.6 cm³/mol. The maximum absolute atomic E-state index is 4.80. The quantitative estimate of drug-likeness (QED) is 0.872. The first-order valence-electron chi connectivity index (χ1n) is 6.54. The van der Waals surface area contributed by atoms with Crippen molar-refractivity contribution in [1.82, 2.24) is 14.7 Å². The van der Waals surface area contributed by atoms with Crippen LogP contribution in [0.5, 0.6) is 0 Å². The second-order valence-electron chi connectivity index (χ2n) is 4.76. The molecule has 0 aliphatic rings. The van der Waals surface area contributed by atoms with E-state index in [0.717, 1.165) is 30.3 Å². The third-order valence-corrected chi connectivity index (χ3v) is 3.80. The first-order valence-corrected chi connectivity index (χ1v) is 7.42. The highest BCUT2D eigenvalue weighted by Crippen LogP contribution is 2.26. The van der Waals surface area contributed by atoms with Gasteiger partial charge in [-0.25, -0.2) is 4.98 Å². The van der Waals surface area contributed by atoms with Crippen molar-refractivity contribution in [3.05, 3.63) is 17.3 Å². The summed E-state index contributed by atoms with van der Waals surface area (Å²) in [7, 11) is 1.98. The summed E-state index contributed by atoms with van der Waals surface area (Å²) in [4.78, 5) is 8.27. The van der Waals surface area contributed by atoms with Crippen LogP contribution in [-0.2, 0) is 6.54 Å². The second-order valence-corrected chi connectivity index (χ2v) is 5.63. The molecule has 0 amide bonds. The Bertz CT molecular complexity index is 500. The number of rotatable bonds is 6. The van der Waals surface area contributed by atoms with Crippen molar-refractivity contribution < 1.29 is 0 Å². The SMILES string of the molecule is CCCN(c1nc2sccn2c1CNC)C(C)C. The fraction of sp³-hybridized carbons (Fsp3) is 0.615. The molecule has 0 aliphatic carbocycles. The average Bonchev–Trinajstić information content (AvgIpc) is 2.89. The summed E-state index contributed by atoms with van der Waals surface area (Å²) in [6.07, 6.45) is 3.25. The van der Waals surface area contributed by atoms with Crippen LogP contribution < -0.4 is 10.2 Å². The van der Waals surface area contributed by atoms with Gasteiger partial charge in [-0.2, -0.15) is 0 Å². The molecule has 0 bridgehead atoms. The molecule has 0 fully saturated rings. The molecule has 100 valence electrons. The zero-order chi connectivity index (χ0) is 13.1. The number of thiazole rings is 1. The lowest BCUT2D eigenvalue weighted by atomic mass is 10.2. The molecule has 0 atom stereocenters. The van der Waals surface area contributed by atoms with E-state index in [4.69, 9.17) is 4.98 Å². The van der Waals surface area contributed by atoms with Gasteiger partial charge < -0.3 is 10.2 Å². The van der Waals surface area contributed by atoms with Gasteiger partial charge in [0.15, 0.2) is 10.8 Å². The summed E-state index contributed by atoms with van der Waals surface area (Å²) in [6, 6.07) is 0.477. The molecule has 0 saturated heterocycles. The maximum atomic E-state index is 4.80. The number of imidazole rings is 1. The van der Waals surface area contributed by atoms with E-state index in [-0.39, 0.29) is 0 Å². The summed E-state index contributed by atoms with van der Waals surface area (Å²) in [5, 5.41) is 5.33. The zero-order valence-electron chi connectivity index (χ0n) is 11.6. The minimum absolute atomic E-state index is 0.477. The lowest BCUT2D eigenvalue weighted by Crippen LogP contribution is -2.33. The molecule has 5 heteroatoms. The molecule has 2 aromatic rings. The fourth-order valence-electron chi connectivity index (χ4n) is 2.23. The van der Waals surface area contributed by atoms with Crippen LogP contribution in [0.1, 0.15) is 32.9 Å². The van der Waals surface area contributed by atoms with Crippen LogP contribution >= 0.6 is 11.3 Å². The highest BCUT2D eigenvalue weighted by Gasteiger charge is 2.19. The van der Waals surface area contributed by atoms with Gasteiger partial charge in [0.05, 0.1) is 5.69 Å². The van der Waals surface area contributed by atoms with E-state index < -0.39 is 0 Å². The van der Waals surface area contributed by atoms with Crippen LogP contribution in [0.2, 0.25) is 0 Å². The molecule has 2 rings (SSSR count). The molecule has 0 aromatic carbocycles. The number of anilines is 1. The third-order valence-electron chi connectivity index (χ3n) is 3.04. The molecule has 0 unspecified atom stereocenters. The minimum atomic E-state index is 0.477. The van der Waals surface area contributed by atoms with Gasteiger partial charge in [-0.15, -0.1) is 11.3 Å². The van der Waals surface area contributed by atoms with Crippen LogP contribution in [0.3, 0.4) is 0 Å². The molecule has 0 saturated carbocycles. The van der Waals surface area contributed by atoms with E-state index >= 15 is 0 Å². The van der Waals surface area contributed by atoms with Gasteiger partial charge in [-0.3, -0.25) is 4.40 Å². The highest BCUT2D eigenvalue weighted by molar-refractivity contribution is 7.15. The van der Waals surface area contributed by atoms with Crippen LogP contribution in [0, 0.1) is 0 Å². The summed E-state index contributed by atoms with van der Waals surface area (Å²) < 4.78 is 2.20. The Hall–Kier alpha value is -1.07.